The van der Waals surface area contributed by atoms with Gasteiger partial charge in [0.2, 0.25) is 0 Å². The van der Waals surface area contributed by atoms with E-state index in [1.807, 2.05) is 30.5 Å². The Bertz CT molecular complexity index is 695. The van der Waals surface area contributed by atoms with E-state index in [1.54, 1.807) is 0 Å². The van der Waals surface area contributed by atoms with Crippen LogP contribution in [0.5, 0.6) is 0 Å². The van der Waals surface area contributed by atoms with Crippen LogP contribution in [0.4, 0.5) is 5.13 Å². The van der Waals surface area contributed by atoms with Crippen LogP contribution in [0.1, 0.15) is 30.2 Å². The van der Waals surface area contributed by atoms with E-state index in [0.29, 0.717) is 11.7 Å². The van der Waals surface area contributed by atoms with Crippen molar-refractivity contribution >= 4 is 34.0 Å². The molecule has 1 saturated heterocycles. The van der Waals surface area contributed by atoms with Crippen LogP contribution in [0, 0.1) is 5.92 Å². The lowest BCUT2D eigenvalue weighted by Crippen LogP contribution is -3.14. The number of carbonyl (C=O) groups excluding carboxylic acids is 1. The highest BCUT2D eigenvalue weighted by molar-refractivity contribution is 7.15. The van der Waals surface area contributed by atoms with Crippen molar-refractivity contribution in [3.63, 3.8) is 0 Å². The highest BCUT2D eigenvalue weighted by Crippen LogP contribution is 2.22. The number of benzene rings is 1. The summed E-state index contributed by atoms with van der Waals surface area (Å²) < 4.78 is 0. The van der Waals surface area contributed by atoms with Crippen molar-refractivity contribution in [2.75, 3.05) is 25.0 Å². The molecule has 0 atom stereocenters. The zero-order valence-electron chi connectivity index (χ0n) is 13.8. The van der Waals surface area contributed by atoms with Gasteiger partial charge in [-0.1, -0.05) is 30.7 Å². The highest BCUT2D eigenvalue weighted by Gasteiger charge is 2.21. The minimum Gasteiger partial charge on any atom is -0.327 e. The molecule has 1 aromatic heterocycles. The first-order chi connectivity index (χ1) is 11.6. The van der Waals surface area contributed by atoms with E-state index in [4.69, 9.17) is 11.6 Å². The number of nitrogens with zero attached hydrogens (tertiary/aromatic N) is 1. The number of thiazole rings is 1. The van der Waals surface area contributed by atoms with Gasteiger partial charge in [0.05, 0.1) is 13.1 Å². The van der Waals surface area contributed by atoms with Gasteiger partial charge in [-0.3, -0.25) is 10.1 Å². The number of rotatable bonds is 5. The van der Waals surface area contributed by atoms with Gasteiger partial charge in [-0.15, -0.1) is 11.3 Å². The number of anilines is 1. The number of hydrogen-bond donors (Lipinski definition) is 2. The van der Waals surface area contributed by atoms with Crippen LogP contribution < -0.4 is 10.2 Å². The Kier molecular flexibility index (Phi) is 5.87. The van der Waals surface area contributed by atoms with Crippen molar-refractivity contribution in [3.05, 3.63) is 45.9 Å². The zero-order valence-corrected chi connectivity index (χ0v) is 15.4. The number of likely N-dealkylation sites (tertiary alicyclic amines) is 1. The summed E-state index contributed by atoms with van der Waals surface area (Å²) >= 11 is 7.54. The van der Waals surface area contributed by atoms with Gasteiger partial charge in [0.25, 0.3) is 5.91 Å². The van der Waals surface area contributed by atoms with Gasteiger partial charge in [-0.05, 0) is 36.5 Å². The van der Waals surface area contributed by atoms with Gasteiger partial charge in [0, 0.05) is 22.5 Å². The van der Waals surface area contributed by atoms with Crippen molar-refractivity contribution in [1.29, 1.82) is 0 Å². The summed E-state index contributed by atoms with van der Waals surface area (Å²) in [6.07, 6.45) is 5.03. The van der Waals surface area contributed by atoms with Gasteiger partial charge in [-0.25, -0.2) is 4.98 Å². The maximum absolute atomic E-state index is 12.2. The van der Waals surface area contributed by atoms with E-state index in [0.717, 1.165) is 40.9 Å². The Morgan fingerprint density at radius 2 is 2.21 bits per heavy atom. The molecule has 0 aliphatic carbocycles. The summed E-state index contributed by atoms with van der Waals surface area (Å²) in [7, 11) is 0. The van der Waals surface area contributed by atoms with Crippen LogP contribution in [-0.4, -0.2) is 30.5 Å². The Morgan fingerprint density at radius 1 is 1.42 bits per heavy atom. The van der Waals surface area contributed by atoms with Crippen molar-refractivity contribution in [2.24, 2.45) is 5.92 Å². The standard InChI is InChI=1S/C18H22ClN3OS/c1-13-5-7-22(8-6-13)12-17(23)21-18-20-11-16(24-18)10-14-3-2-4-15(19)9-14/h2-4,9,11,13H,5-8,10,12H2,1H3,(H,20,21,23)/p+1. The lowest BCUT2D eigenvalue weighted by atomic mass is 9.99. The average molecular weight is 365 g/mol. The number of hydrogen-bond acceptors (Lipinski definition) is 3. The molecule has 0 saturated carbocycles. The molecule has 0 unspecified atom stereocenters. The Labute approximate surface area is 151 Å². The number of piperidine rings is 1. The maximum Gasteiger partial charge on any atom is 0.281 e. The van der Waals surface area contributed by atoms with E-state index in [9.17, 15) is 4.79 Å². The fourth-order valence-corrected chi connectivity index (χ4v) is 4.11. The topological polar surface area (TPSA) is 46.4 Å². The molecular weight excluding hydrogens is 342 g/mol. The number of aromatic nitrogens is 1. The molecule has 1 aliphatic rings. The largest absolute Gasteiger partial charge is 0.327 e. The van der Waals surface area contributed by atoms with Crippen molar-refractivity contribution in [2.45, 2.75) is 26.2 Å². The fraction of sp³-hybridized carbons (Fsp3) is 0.444. The molecule has 2 aromatic rings. The van der Waals surface area contributed by atoms with Crippen LogP contribution in [0.3, 0.4) is 0 Å². The van der Waals surface area contributed by atoms with E-state index in [1.165, 1.54) is 29.1 Å². The molecule has 3 rings (SSSR count). The molecule has 0 radical (unpaired) electrons. The smallest absolute Gasteiger partial charge is 0.281 e. The van der Waals surface area contributed by atoms with E-state index >= 15 is 0 Å². The predicted octanol–water partition coefficient (Wildman–Crippen LogP) is 2.64. The number of nitrogens with one attached hydrogen (secondary N) is 2. The molecular formula is C18H23ClN3OS+. The van der Waals surface area contributed by atoms with Crippen molar-refractivity contribution < 1.29 is 9.69 Å². The Morgan fingerprint density at radius 3 is 2.96 bits per heavy atom. The first-order valence-electron chi connectivity index (χ1n) is 8.41. The van der Waals surface area contributed by atoms with Crippen molar-refractivity contribution in [3.8, 4) is 0 Å². The third-order valence-corrected chi connectivity index (χ3v) is 5.61. The number of amides is 1. The summed E-state index contributed by atoms with van der Waals surface area (Å²) in [6.45, 7) is 5.00. The predicted molar refractivity (Wildman–Crippen MR) is 99.0 cm³/mol. The zero-order chi connectivity index (χ0) is 16.9. The third-order valence-electron chi connectivity index (χ3n) is 4.46. The van der Waals surface area contributed by atoms with E-state index in [-0.39, 0.29) is 5.91 Å². The molecule has 0 spiro atoms. The lowest BCUT2D eigenvalue weighted by molar-refractivity contribution is -0.897. The average Bonchev–Trinajstić information content (AvgIpc) is 2.96. The molecule has 2 N–H and O–H groups in total. The van der Waals surface area contributed by atoms with Gasteiger partial charge in [0.1, 0.15) is 0 Å². The maximum atomic E-state index is 12.2. The number of carbonyl (C=O) groups is 1. The second-order valence-corrected chi connectivity index (χ2v) is 8.15. The quantitative estimate of drug-likeness (QED) is 0.856. The summed E-state index contributed by atoms with van der Waals surface area (Å²) in [5.41, 5.74) is 1.15. The van der Waals surface area contributed by atoms with Crippen LogP contribution in [-0.2, 0) is 11.2 Å². The van der Waals surface area contributed by atoms with E-state index in [2.05, 4.69) is 17.2 Å². The first-order valence-corrected chi connectivity index (χ1v) is 9.60. The normalized spacial score (nSPS) is 20.8. The fourth-order valence-electron chi connectivity index (χ4n) is 3.03. The molecule has 4 nitrogen and oxygen atoms in total. The van der Waals surface area contributed by atoms with Crippen molar-refractivity contribution in [1.82, 2.24) is 4.98 Å². The molecule has 2 heterocycles. The minimum atomic E-state index is 0.0585. The molecule has 1 aliphatic heterocycles. The molecule has 1 aromatic carbocycles. The summed E-state index contributed by atoms with van der Waals surface area (Å²) in [5, 5.41) is 4.36. The van der Waals surface area contributed by atoms with Gasteiger partial charge in [0.15, 0.2) is 11.7 Å². The first kappa shape index (κ1) is 17.4. The second-order valence-electron chi connectivity index (χ2n) is 6.60. The monoisotopic (exact) mass is 364 g/mol. The Balaban J connectivity index is 1.51. The highest BCUT2D eigenvalue weighted by atomic mass is 35.5. The van der Waals surface area contributed by atoms with Crippen LogP contribution in [0.2, 0.25) is 5.02 Å². The molecule has 1 amide bonds. The van der Waals surface area contributed by atoms with E-state index < -0.39 is 0 Å². The van der Waals surface area contributed by atoms with Crippen LogP contribution in [0.25, 0.3) is 0 Å². The van der Waals surface area contributed by atoms with Crippen LogP contribution in [0.15, 0.2) is 30.5 Å². The molecule has 6 heteroatoms. The molecule has 24 heavy (non-hydrogen) atoms. The van der Waals surface area contributed by atoms with Gasteiger partial charge in [-0.2, -0.15) is 0 Å². The lowest BCUT2D eigenvalue weighted by Gasteiger charge is -2.26. The summed E-state index contributed by atoms with van der Waals surface area (Å²) in [4.78, 5) is 19.0. The molecule has 0 bridgehead atoms. The number of quaternary nitrogens is 1. The SMILES string of the molecule is CC1CC[NH+](CC(=O)Nc2ncc(Cc3cccc(Cl)c3)s2)CC1. The number of halogens is 1. The molecule has 128 valence electrons. The molecule has 1 fully saturated rings. The third kappa shape index (κ3) is 5.03. The summed E-state index contributed by atoms with van der Waals surface area (Å²) in [6, 6.07) is 7.82. The summed E-state index contributed by atoms with van der Waals surface area (Å²) in [5.74, 6) is 0.855. The second kappa shape index (κ2) is 8.10. The van der Waals surface area contributed by atoms with Gasteiger partial charge >= 0.3 is 0 Å². The minimum absolute atomic E-state index is 0.0585. The van der Waals surface area contributed by atoms with Gasteiger partial charge < -0.3 is 4.90 Å². The Hall–Kier alpha value is -1.43. The van der Waals surface area contributed by atoms with Crippen LogP contribution >= 0.6 is 22.9 Å².